The lowest BCUT2D eigenvalue weighted by Crippen LogP contribution is -2.15. The van der Waals surface area contributed by atoms with Crippen LogP contribution in [0.1, 0.15) is 24.8 Å². The number of nitrogens with two attached hydrogens (primary N) is 1. The van der Waals surface area contributed by atoms with E-state index in [4.69, 9.17) is 10.8 Å². The molecule has 1 heterocycles. The normalized spacial score (nSPS) is 15.5. The monoisotopic (exact) mass is 180 g/mol. The predicted octanol–water partition coefficient (Wildman–Crippen LogP) is 1.50. The van der Waals surface area contributed by atoms with E-state index in [-0.39, 0.29) is 6.10 Å². The van der Waals surface area contributed by atoms with E-state index in [2.05, 4.69) is 4.98 Å². The van der Waals surface area contributed by atoms with E-state index in [0.29, 0.717) is 5.82 Å². The first-order valence-electron chi connectivity index (χ1n) is 4.54. The summed E-state index contributed by atoms with van der Waals surface area (Å²) in [4.78, 5) is 3.86. The molecule has 0 unspecified atom stereocenters. The van der Waals surface area contributed by atoms with Gasteiger partial charge in [-0.2, -0.15) is 0 Å². The lowest BCUT2D eigenvalue weighted by atomic mass is 9.97. The molecule has 13 heavy (non-hydrogen) atoms. The van der Waals surface area contributed by atoms with E-state index in [1.807, 2.05) is 13.0 Å². The van der Waals surface area contributed by atoms with Gasteiger partial charge in [0, 0.05) is 6.20 Å². The molecule has 0 atom stereocenters. The highest BCUT2D eigenvalue weighted by atomic mass is 16.3. The topological polar surface area (TPSA) is 59.1 Å². The third-order valence-corrected chi connectivity index (χ3v) is 2.01. The smallest absolute Gasteiger partial charge is 0.123 e. The number of pyridine rings is 1. The van der Waals surface area contributed by atoms with Crippen molar-refractivity contribution in [3.63, 3.8) is 0 Å². The van der Waals surface area contributed by atoms with Crippen molar-refractivity contribution < 1.29 is 5.11 Å². The van der Waals surface area contributed by atoms with Crippen LogP contribution in [-0.2, 0) is 0 Å². The number of hydrogen-bond donors (Lipinski definition) is 2. The summed E-state index contributed by atoms with van der Waals surface area (Å²) >= 11 is 0. The quantitative estimate of drug-likeness (QED) is 0.636. The van der Waals surface area contributed by atoms with E-state index in [1.165, 1.54) is 6.42 Å². The number of aliphatic hydroxyl groups excluding tert-OH is 1. The van der Waals surface area contributed by atoms with Crippen LogP contribution in [0.3, 0.4) is 0 Å². The van der Waals surface area contributed by atoms with E-state index >= 15 is 0 Å². The predicted molar refractivity (Wildman–Crippen MR) is 53.2 cm³/mol. The molecule has 72 valence electrons. The Morgan fingerprint density at radius 1 is 1.46 bits per heavy atom. The van der Waals surface area contributed by atoms with Crippen LogP contribution in [0.4, 0.5) is 5.82 Å². The number of aliphatic hydroxyl groups is 1. The SMILES string of the molecule is Cc1ccc(N)nc1.OC1CCC1. The highest BCUT2D eigenvalue weighted by Gasteiger charge is 2.11. The Morgan fingerprint density at radius 2 is 2.08 bits per heavy atom. The molecular formula is C10H16N2O. The summed E-state index contributed by atoms with van der Waals surface area (Å²) in [5, 5.41) is 8.45. The molecule has 1 aliphatic rings. The fourth-order valence-corrected chi connectivity index (χ4v) is 0.866. The number of hydrogen-bond acceptors (Lipinski definition) is 3. The van der Waals surface area contributed by atoms with E-state index < -0.39 is 0 Å². The van der Waals surface area contributed by atoms with E-state index in [9.17, 15) is 0 Å². The zero-order valence-electron chi connectivity index (χ0n) is 7.90. The standard InChI is InChI=1S/C6H8N2.C4H8O/c1-5-2-3-6(7)8-4-5;5-4-2-1-3-4/h2-4H,1H3,(H2,7,8);4-5H,1-3H2. The van der Waals surface area contributed by atoms with Crippen LogP contribution in [0.5, 0.6) is 0 Å². The van der Waals surface area contributed by atoms with Crippen molar-refractivity contribution in [3.05, 3.63) is 23.9 Å². The molecule has 0 amide bonds. The number of rotatable bonds is 0. The first-order valence-corrected chi connectivity index (χ1v) is 4.54. The maximum Gasteiger partial charge on any atom is 0.123 e. The molecule has 3 N–H and O–H groups in total. The Kier molecular flexibility index (Phi) is 3.71. The van der Waals surface area contributed by atoms with Gasteiger partial charge in [0.1, 0.15) is 5.82 Å². The lowest BCUT2D eigenvalue weighted by Gasteiger charge is -2.17. The summed E-state index contributed by atoms with van der Waals surface area (Å²) < 4.78 is 0. The Bertz CT molecular complexity index is 221. The van der Waals surface area contributed by atoms with Gasteiger partial charge in [-0.05, 0) is 37.8 Å². The van der Waals surface area contributed by atoms with Gasteiger partial charge in [-0.25, -0.2) is 4.98 Å². The summed E-state index contributed by atoms with van der Waals surface area (Å²) in [5.74, 6) is 0.579. The number of aryl methyl sites for hydroxylation is 1. The molecule has 2 rings (SSSR count). The fraction of sp³-hybridized carbons (Fsp3) is 0.500. The Labute approximate surface area is 78.6 Å². The second-order valence-corrected chi connectivity index (χ2v) is 3.35. The largest absolute Gasteiger partial charge is 0.393 e. The minimum atomic E-state index is 0.0648. The molecular weight excluding hydrogens is 164 g/mol. The molecule has 1 aliphatic carbocycles. The van der Waals surface area contributed by atoms with Gasteiger partial charge in [0.25, 0.3) is 0 Å². The summed E-state index contributed by atoms with van der Waals surface area (Å²) in [6, 6.07) is 3.72. The molecule has 0 aromatic carbocycles. The lowest BCUT2D eigenvalue weighted by molar-refractivity contribution is 0.0950. The van der Waals surface area contributed by atoms with Crippen LogP contribution in [0.2, 0.25) is 0 Å². The number of nitrogens with zero attached hydrogens (tertiary/aromatic N) is 1. The van der Waals surface area contributed by atoms with Crippen LogP contribution >= 0.6 is 0 Å². The van der Waals surface area contributed by atoms with Crippen molar-refractivity contribution >= 4 is 5.82 Å². The summed E-state index contributed by atoms with van der Waals surface area (Å²) in [6.45, 7) is 1.98. The molecule has 0 radical (unpaired) electrons. The maximum absolute atomic E-state index is 8.45. The first-order chi connectivity index (χ1) is 6.18. The Hall–Kier alpha value is -1.09. The van der Waals surface area contributed by atoms with Crippen LogP contribution in [0, 0.1) is 6.92 Å². The van der Waals surface area contributed by atoms with Gasteiger partial charge in [0.05, 0.1) is 6.10 Å². The van der Waals surface area contributed by atoms with Crippen LogP contribution in [0.25, 0.3) is 0 Å². The second-order valence-electron chi connectivity index (χ2n) is 3.35. The van der Waals surface area contributed by atoms with Gasteiger partial charge in [-0.15, -0.1) is 0 Å². The average Bonchev–Trinajstić information content (AvgIpc) is 2.08. The highest BCUT2D eigenvalue weighted by Crippen LogP contribution is 2.16. The van der Waals surface area contributed by atoms with Crippen molar-refractivity contribution in [2.75, 3.05) is 5.73 Å². The maximum atomic E-state index is 8.45. The van der Waals surface area contributed by atoms with Gasteiger partial charge in [-0.3, -0.25) is 0 Å². The minimum absolute atomic E-state index is 0.0648. The number of aromatic nitrogens is 1. The third-order valence-electron chi connectivity index (χ3n) is 2.01. The molecule has 1 saturated carbocycles. The van der Waals surface area contributed by atoms with Gasteiger partial charge >= 0.3 is 0 Å². The highest BCUT2D eigenvalue weighted by molar-refractivity contribution is 5.28. The molecule has 3 heteroatoms. The van der Waals surface area contributed by atoms with Gasteiger partial charge in [0.15, 0.2) is 0 Å². The van der Waals surface area contributed by atoms with Crippen molar-refractivity contribution in [1.82, 2.24) is 4.98 Å². The van der Waals surface area contributed by atoms with Crippen LogP contribution in [0.15, 0.2) is 18.3 Å². The van der Waals surface area contributed by atoms with Crippen molar-refractivity contribution in [3.8, 4) is 0 Å². The summed E-state index contributed by atoms with van der Waals surface area (Å²) in [6.07, 6.45) is 5.13. The van der Waals surface area contributed by atoms with Crippen molar-refractivity contribution in [2.45, 2.75) is 32.3 Å². The molecule has 0 spiro atoms. The van der Waals surface area contributed by atoms with E-state index in [0.717, 1.165) is 18.4 Å². The zero-order chi connectivity index (χ0) is 9.68. The zero-order valence-corrected chi connectivity index (χ0v) is 7.90. The fourth-order valence-electron chi connectivity index (χ4n) is 0.866. The van der Waals surface area contributed by atoms with Gasteiger partial charge < -0.3 is 10.8 Å². The minimum Gasteiger partial charge on any atom is -0.393 e. The first kappa shape index (κ1) is 9.99. The molecule has 0 aliphatic heterocycles. The average molecular weight is 180 g/mol. The van der Waals surface area contributed by atoms with E-state index in [1.54, 1.807) is 12.3 Å². The van der Waals surface area contributed by atoms with Crippen LogP contribution in [-0.4, -0.2) is 16.2 Å². The Balaban J connectivity index is 0.000000145. The van der Waals surface area contributed by atoms with Crippen molar-refractivity contribution in [1.29, 1.82) is 0 Å². The molecule has 1 aromatic heterocycles. The van der Waals surface area contributed by atoms with Gasteiger partial charge in [0.2, 0.25) is 0 Å². The van der Waals surface area contributed by atoms with Crippen molar-refractivity contribution in [2.24, 2.45) is 0 Å². The molecule has 3 nitrogen and oxygen atoms in total. The van der Waals surface area contributed by atoms with Gasteiger partial charge in [-0.1, -0.05) is 6.07 Å². The number of anilines is 1. The summed E-state index contributed by atoms with van der Waals surface area (Å²) in [7, 11) is 0. The molecule has 1 aromatic rings. The molecule has 0 saturated heterocycles. The molecule has 0 bridgehead atoms. The second kappa shape index (κ2) is 4.82. The number of nitrogen functional groups attached to an aromatic ring is 1. The summed E-state index contributed by atoms with van der Waals surface area (Å²) in [5.41, 5.74) is 6.45. The third kappa shape index (κ3) is 3.90. The Morgan fingerprint density at radius 3 is 2.31 bits per heavy atom. The molecule has 1 fully saturated rings. The van der Waals surface area contributed by atoms with Crippen LogP contribution < -0.4 is 5.73 Å².